The van der Waals surface area contributed by atoms with Gasteiger partial charge in [0, 0.05) is 0 Å². The van der Waals surface area contributed by atoms with E-state index in [2.05, 4.69) is 21.0 Å². The van der Waals surface area contributed by atoms with Gasteiger partial charge in [-0.1, -0.05) is 19.3 Å². The van der Waals surface area contributed by atoms with Gasteiger partial charge in [0.25, 0.3) is 0 Å². The van der Waals surface area contributed by atoms with Crippen LogP contribution in [-0.2, 0) is 6.54 Å². The molecule has 1 aliphatic rings. The molecule has 1 fully saturated rings. The fourth-order valence-corrected chi connectivity index (χ4v) is 2.72. The number of hydrogen-bond acceptors (Lipinski definition) is 4. The van der Waals surface area contributed by atoms with Crippen molar-refractivity contribution in [2.45, 2.75) is 44.2 Å². The first kappa shape index (κ1) is 12.5. The Morgan fingerprint density at radius 1 is 1.53 bits per heavy atom. The lowest BCUT2D eigenvalue weighted by atomic mass is 9.85. The Labute approximate surface area is 107 Å². The molecule has 0 radical (unpaired) electrons. The molecule has 0 bridgehead atoms. The van der Waals surface area contributed by atoms with Gasteiger partial charge in [-0.3, -0.25) is 0 Å². The van der Waals surface area contributed by atoms with Gasteiger partial charge in [-0.2, -0.15) is 4.68 Å². The van der Waals surface area contributed by atoms with Gasteiger partial charge in [0.1, 0.15) is 4.47 Å². The van der Waals surface area contributed by atoms with E-state index < -0.39 is 10.5 Å². The van der Waals surface area contributed by atoms with Crippen LogP contribution in [0, 0.1) is 10.1 Å². The van der Waals surface area contributed by atoms with Gasteiger partial charge >= 0.3 is 5.82 Å². The zero-order valence-electron chi connectivity index (χ0n) is 9.30. The highest BCUT2D eigenvalue weighted by atomic mass is 79.9. The SMILES string of the molecule is O=[N+]([O-])c1nn(CC2(O)CCCCC2)cc1Br. The average molecular weight is 304 g/mol. The monoisotopic (exact) mass is 303 g/mol. The van der Waals surface area contributed by atoms with Crippen molar-refractivity contribution >= 4 is 21.7 Å². The Hall–Kier alpha value is -0.950. The van der Waals surface area contributed by atoms with Gasteiger partial charge in [-0.05, 0) is 33.7 Å². The number of rotatable bonds is 3. The highest BCUT2D eigenvalue weighted by Crippen LogP contribution is 2.30. The van der Waals surface area contributed by atoms with E-state index in [1.807, 2.05) is 0 Å². The van der Waals surface area contributed by atoms with Crippen molar-refractivity contribution in [2.24, 2.45) is 0 Å². The van der Waals surface area contributed by atoms with Gasteiger partial charge < -0.3 is 15.2 Å². The summed E-state index contributed by atoms with van der Waals surface area (Å²) in [5.41, 5.74) is -0.766. The fraction of sp³-hybridized carbons (Fsp3) is 0.700. The summed E-state index contributed by atoms with van der Waals surface area (Å²) in [6.07, 6.45) is 6.16. The van der Waals surface area contributed by atoms with Gasteiger partial charge in [-0.15, -0.1) is 0 Å². The van der Waals surface area contributed by atoms with Crippen LogP contribution in [0.3, 0.4) is 0 Å². The second kappa shape index (κ2) is 4.73. The minimum Gasteiger partial charge on any atom is -0.388 e. The maximum absolute atomic E-state index is 10.6. The molecule has 7 heteroatoms. The second-order valence-electron chi connectivity index (χ2n) is 4.54. The highest BCUT2D eigenvalue weighted by molar-refractivity contribution is 9.10. The molecule has 0 aliphatic heterocycles. The summed E-state index contributed by atoms with van der Waals surface area (Å²) in [6, 6.07) is 0. The van der Waals surface area contributed by atoms with Crippen molar-refractivity contribution in [3.05, 3.63) is 20.8 Å². The molecule has 1 aliphatic carbocycles. The van der Waals surface area contributed by atoms with Crippen LogP contribution >= 0.6 is 15.9 Å². The van der Waals surface area contributed by atoms with E-state index in [4.69, 9.17) is 0 Å². The topological polar surface area (TPSA) is 81.2 Å². The third-order valence-corrected chi connectivity index (χ3v) is 3.67. The van der Waals surface area contributed by atoms with E-state index in [1.54, 1.807) is 6.20 Å². The zero-order chi connectivity index (χ0) is 12.5. The summed E-state index contributed by atoms with van der Waals surface area (Å²) in [5.74, 6) is -0.204. The predicted octanol–water partition coefficient (Wildman–Crippen LogP) is 2.25. The number of aliphatic hydroxyl groups is 1. The van der Waals surface area contributed by atoms with Crippen molar-refractivity contribution in [1.82, 2.24) is 9.78 Å². The molecule has 17 heavy (non-hydrogen) atoms. The summed E-state index contributed by atoms with van der Waals surface area (Å²) in [5, 5.41) is 24.8. The summed E-state index contributed by atoms with van der Waals surface area (Å²) in [4.78, 5) is 10.1. The minimum absolute atomic E-state index is 0.204. The molecule has 6 nitrogen and oxygen atoms in total. The third kappa shape index (κ3) is 2.84. The average Bonchev–Trinajstić information content (AvgIpc) is 2.59. The molecule has 94 valence electrons. The number of halogens is 1. The van der Waals surface area contributed by atoms with Gasteiger partial charge in [0.05, 0.1) is 23.4 Å². The predicted molar refractivity (Wildman–Crippen MR) is 64.6 cm³/mol. The van der Waals surface area contributed by atoms with Crippen LogP contribution in [0.4, 0.5) is 5.82 Å². The molecule has 1 aromatic heterocycles. The van der Waals surface area contributed by atoms with Crippen molar-refractivity contribution in [1.29, 1.82) is 0 Å². The number of aromatic nitrogens is 2. The quantitative estimate of drug-likeness (QED) is 0.686. The molecule has 1 saturated carbocycles. The van der Waals surface area contributed by atoms with E-state index in [0.29, 0.717) is 11.0 Å². The summed E-state index contributed by atoms with van der Waals surface area (Å²) in [6.45, 7) is 0.319. The highest BCUT2D eigenvalue weighted by Gasteiger charge is 2.32. The number of nitro groups is 1. The van der Waals surface area contributed by atoms with Crippen LogP contribution in [0.1, 0.15) is 32.1 Å². The largest absolute Gasteiger partial charge is 0.404 e. The van der Waals surface area contributed by atoms with Crippen LogP contribution in [0.2, 0.25) is 0 Å². The molecule has 0 unspecified atom stereocenters. The standard InChI is InChI=1S/C10H14BrN3O3/c11-8-6-13(12-9(8)14(16)17)7-10(15)4-2-1-3-5-10/h6,15H,1-5,7H2. The minimum atomic E-state index is -0.766. The van der Waals surface area contributed by atoms with Crippen LogP contribution in [0.15, 0.2) is 10.7 Å². The van der Waals surface area contributed by atoms with Crippen LogP contribution < -0.4 is 0 Å². The summed E-state index contributed by atoms with van der Waals surface area (Å²) < 4.78 is 1.80. The molecular formula is C10H14BrN3O3. The van der Waals surface area contributed by atoms with Gasteiger partial charge in [0.2, 0.25) is 0 Å². The first-order chi connectivity index (χ1) is 8.00. The molecule has 0 atom stereocenters. The maximum atomic E-state index is 10.6. The normalized spacial score (nSPS) is 19.2. The van der Waals surface area contributed by atoms with E-state index in [0.717, 1.165) is 32.1 Å². The maximum Gasteiger partial charge on any atom is 0.404 e. The molecule has 1 N–H and O–H groups in total. The van der Waals surface area contributed by atoms with E-state index in [1.165, 1.54) is 4.68 Å². The Morgan fingerprint density at radius 3 is 2.71 bits per heavy atom. The Morgan fingerprint density at radius 2 is 2.18 bits per heavy atom. The molecule has 0 amide bonds. The molecule has 0 aromatic carbocycles. The number of hydrogen-bond donors (Lipinski definition) is 1. The van der Waals surface area contributed by atoms with Crippen LogP contribution in [0.25, 0.3) is 0 Å². The lowest BCUT2D eigenvalue weighted by Crippen LogP contribution is -2.36. The van der Waals surface area contributed by atoms with Crippen molar-refractivity contribution in [3.63, 3.8) is 0 Å². The van der Waals surface area contributed by atoms with Crippen molar-refractivity contribution in [2.75, 3.05) is 0 Å². The molecule has 2 rings (SSSR count). The lowest BCUT2D eigenvalue weighted by molar-refractivity contribution is -0.390. The second-order valence-corrected chi connectivity index (χ2v) is 5.39. The molecule has 1 heterocycles. The third-order valence-electron chi connectivity index (χ3n) is 3.11. The van der Waals surface area contributed by atoms with Crippen molar-refractivity contribution in [3.8, 4) is 0 Å². The van der Waals surface area contributed by atoms with Crippen LogP contribution in [0.5, 0.6) is 0 Å². The lowest BCUT2D eigenvalue weighted by Gasteiger charge is -2.30. The Balaban J connectivity index is 2.13. The van der Waals surface area contributed by atoms with E-state index in [-0.39, 0.29) is 5.82 Å². The molecule has 0 spiro atoms. The summed E-state index contributed by atoms with van der Waals surface area (Å²) in [7, 11) is 0. The first-order valence-corrected chi connectivity index (χ1v) is 6.39. The fourth-order valence-electron chi connectivity index (χ4n) is 2.26. The number of nitrogens with zero attached hydrogens (tertiary/aromatic N) is 3. The Bertz CT molecular complexity index is 426. The molecule has 1 aromatic rings. The van der Waals surface area contributed by atoms with Gasteiger partial charge in [0.15, 0.2) is 0 Å². The Kier molecular flexibility index (Phi) is 3.48. The van der Waals surface area contributed by atoms with Gasteiger partial charge in [-0.25, -0.2) is 0 Å². The van der Waals surface area contributed by atoms with Crippen LogP contribution in [-0.4, -0.2) is 25.4 Å². The van der Waals surface area contributed by atoms with E-state index in [9.17, 15) is 15.2 Å². The molecular weight excluding hydrogens is 290 g/mol. The van der Waals surface area contributed by atoms with E-state index >= 15 is 0 Å². The van der Waals surface area contributed by atoms with Crippen molar-refractivity contribution < 1.29 is 10.0 Å². The molecule has 0 saturated heterocycles. The smallest absolute Gasteiger partial charge is 0.388 e. The zero-order valence-corrected chi connectivity index (χ0v) is 10.9. The summed E-state index contributed by atoms with van der Waals surface area (Å²) >= 11 is 3.09. The first-order valence-electron chi connectivity index (χ1n) is 5.60.